The van der Waals surface area contributed by atoms with Crippen LogP contribution in [0.15, 0.2) is 54.7 Å². The Morgan fingerprint density at radius 2 is 1.83 bits per heavy atom. The smallest absolute Gasteiger partial charge is 0.343 e. The second-order valence-electron chi connectivity index (χ2n) is 6.37. The van der Waals surface area contributed by atoms with Crippen molar-refractivity contribution < 1.29 is 22.8 Å². The Morgan fingerprint density at radius 3 is 2.53 bits per heavy atom. The second-order valence-corrected chi connectivity index (χ2v) is 6.80. The maximum atomic E-state index is 12.6. The summed E-state index contributed by atoms with van der Waals surface area (Å²) in [5, 5.41) is 9.14. The Balaban J connectivity index is 1.75. The number of carbonyl (C=O) groups is 2. The molecular formula is C20H16ClF3N4O2. The number of aromatic nitrogens is 2. The first kappa shape index (κ1) is 21.4. The van der Waals surface area contributed by atoms with Crippen molar-refractivity contribution in [2.75, 3.05) is 11.9 Å². The van der Waals surface area contributed by atoms with Crippen LogP contribution in [-0.2, 0) is 0 Å². The van der Waals surface area contributed by atoms with Crippen LogP contribution in [0, 0.1) is 6.92 Å². The van der Waals surface area contributed by atoms with Gasteiger partial charge in [0.1, 0.15) is 6.54 Å². The molecule has 1 aromatic heterocycles. The highest BCUT2D eigenvalue weighted by Gasteiger charge is 2.28. The molecular weight excluding hydrogens is 421 g/mol. The Hall–Kier alpha value is -3.33. The van der Waals surface area contributed by atoms with E-state index in [9.17, 15) is 22.8 Å². The molecule has 3 rings (SSSR count). The van der Waals surface area contributed by atoms with Gasteiger partial charge in [-0.05, 0) is 43.3 Å². The zero-order valence-corrected chi connectivity index (χ0v) is 16.4. The van der Waals surface area contributed by atoms with Crippen LogP contribution in [0.4, 0.5) is 18.9 Å². The van der Waals surface area contributed by atoms with E-state index in [1.807, 2.05) is 0 Å². The van der Waals surface area contributed by atoms with Crippen LogP contribution in [0.3, 0.4) is 0 Å². The van der Waals surface area contributed by atoms with E-state index in [1.54, 1.807) is 41.2 Å². The van der Waals surface area contributed by atoms with E-state index in [0.29, 0.717) is 22.0 Å². The van der Waals surface area contributed by atoms with Crippen LogP contribution in [0.25, 0.3) is 5.69 Å². The van der Waals surface area contributed by atoms with Crippen LogP contribution in [0.2, 0.25) is 5.02 Å². The number of nitrogens with zero attached hydrogens (tertiary/aromatic N) is 2. The lowest BCUT2D eigenvalue weighted by Gasteiger charge is -2.10. The molecule has 0 aliphatic carbocycles. The van der Waals surface area contributed by atoms with E-state index in [2.05, 4.69) is 10.4 Å². The van der Waals surface area contributed by atoms with Crippen molar-refractivity contribution in [1.82, 2.24) is 15.1 Å². The van der Waals surface area contributed by atoms with E-state index in [-0.39, 0.29) is 11.3 Å². The number of hydrogen-bond donors (Lipinski definition) is 2. The molecule has 0 atom stereocenters. The molecule has 0 unspecified atom stereocenters. The van der Waals surface area contributed by atoms with Crippen molar-refractivity contribution in [2.45, 2.75) is 13.1 Å². The number of halogens is 4. The average Bonchev–Trinajstić information content (AvgIpc) is 3.07. The first-order chi connectivity index (χ1) is 14.1. The fourth-order valence-corrected chi connectivity index (χ4v) is 2.90. The van der Waals surface area contributed by atoms with Gasteiger partial charge in [-0.2, -0.15) is 18.3 Å². The van der Waals surface area contributed by atoms with Crippen LogP contribution in [-0.4, -0.2) is 34.3 Å². The largest absolute Gasteiger partial charge is 0.405 e. The van der Waals surface area contributed by atoms with Crippen LogP contribution >= 0.6 is 11.6 Å². The molecule has 0 radical (unpaired) electrons. The fourth-order valence-electron chi connectivity index (χ4n) is 2.72. The second kappa shape index (κ2) is 8.58. The molecule has 0 bridgehead atoms. The van der Waals surface area contributed by atoms with Gasteiger partial charge in [0.15, 0.2) is 0 Å². The van der Waals surface area contributed by atoms with Crippen molar-refractivity contribution in [3.05, 3.63) is 76.6 Å². The molecule has 0 spiro atoms. The summed E-state index contributed by atoms with van der Waals surface area (Å²) in [5.41, 5.74) is 1.79. The van der Waals surface area contributed by atoms with Gasteiger partial charge < -0.3 is 10.6 Å². The molecule has 3 aromatic rings. The molecule has 30 heavy (non-hydrogen) atoms. The van der Waals surface area contributed by atoms with E-state index in [4.69, 9.17) is 11.6 Å². The van der Waals surface area contributed by atoms with Crippen molar-refractivity contribution in [2.24, 2.45) is 0 Å². The van der Waals surface area contributed by atoms with Gasteiger partial charge in [-0.15, -0.1) is 0 Å². The third-order valence-corrected chi connectivity index (χ3v) is 4.37. The van der Waals surface area contributed by atoms with E-state index in [1.165, 1.54) is 30.5 Å². The number of nitrogens with one attached hydrogen (secondary N) is 2. The Kier molecular flexibility index (Phi) is 6.12. The van der Waals surface area contributed by atoms with Gasteiger partial charge in [-0.25, -0.2) is 4.68 Å². The summed E-state index contributed by atoms with van der Waals surface area (Å²) in [6, 6.07) is 12.6. The van der Waals surface area contributed by atoms with E-state index in [0.717, 1.165) is 0 Å². The minimum atomic E-state index is -4.51. The predicted octanol–water partition coefficient (Wildman–Crippen LogP) is 4.38. The molecule has 0 aliphatic heterocycles. The number of alkyl halides is 3. The third-order valence-electron chi connectivity index (χ3n) is 4.14. The maximum absolute atomic E-state index is 12.6. The molecule has 156 valence electrons. The Morgan fingerprint density at radius 1 is 1.10 bits per heavy atom. The standard InChI is InChI=1S/C20H16ClF3N4O2/c1-12-17(10-26-28(12)16-7-3-5-14(21)9-16)19(30)27-15-6-2-4-13(8-15)18(29)25-11-20(22,23)24/h2-10H,11H2,1H3,(H,25,29)(H,27,30). The molecule has 10 heteroatoms. The maximum Gasteiger partial charge on any atom is 0.405 e. The van der Waals surface area contributed by atoms with E-state index >= 15 is 0 Å². The number of anilines is 1. The summed E-state index contributed by atoms with van der Waals surface area (Å²) in [6.07, 6.45) is -3.12. The van der Waals surface area contributed by atoms with Gasteiger partial charge in [0, 0.05) is 16.3 Å². The van der Waals surface area contributed by atoms with Crippen molar-refractivity contribution >= 4 is 29.1 Å². The number of benzene rings is 2. The zero-order chi connectivity index (χ0) is 21.9. The molecule has 0 saturated carbocycles. The first-order valence-corrected chi connectivity index (χ1v) is 9.09. The Labute approximate surface area is 174 Å². The lowest BCUT2D eigenvalue weighted by atomic mass is 10.1. The summed E-state index contributed by atoms with van der Waals surface area (Å²) in [5.74, 6) is -1.37. The lowest BCUT2D eigenvalue weighted by Crippen LogP contribution is -2.33. The highest BCUT2D eigenvalue weighted by Crippen LogP contribution is 2.20. The molecule has 1 heterocycles. The highest BCUT2D eigenvalue weighted by atomic mass is 35.5. The number of rotatable bonds is 5. The van der Waals surface area contributed by atoms with Gasteiger partial charge >= 0.3 is 6.18 Å². The van der Waals surface area contributed by atoms with Gasteiger partial charge in [0.2, 0.25) is 0 Å². The molecule has 0 fully saturated rings. The van der Waals surface area contributed by atoms with Crippen molar-refractivity contribution in [1.29, 1.82) is 0 Å². The molecule has 2 aromatic carbocycles. The summed E-state index contributed by atoms with van der Waals surface area (Å²) in [7, 11) is 0. The fraction of sp³-hybridized carbons (Fsp3) is 0.150. The minimum absolute atomic E-state index is 0.0107. The summed E-state index contributed by atoms with van der Waals surface area (Å²) in [6.45, 7) is 0.272. The summed E-state index contributed by atoms with van der Waals surface area (Å²) < 4.78 is 38.4. The van der Waals surface area contributed by atoms with Crippen molar-refractivity contribution in [3.8, 4) is 5.69 Å². The number of amides is 2. The minimum Gasteiger partial charge on any atom is -0.343 e. The molecule has 0 aliphatic rings. The summed E-state index contributed by atoms with van der Waals surface area (Å²) >= 11 is 6.00. The van der Waals surface area contributed by atoms with Gasteiger partial charge in [0.05, 0.1) is 23.1 Å². The molecule has 0 saturated heterocycles. The number of hydrogen-bond acceptors (Lipinski definition) is 3. The van der Waals surface area contributed by atoms with Gasteiger partial charge in [-0.1, -0.05) is 23.7 Å². The van der Waals surface area contributed by atoms with Gasteiger partial charge in [-0.3, -0.25) is 9.59 Å². The SMILES string of the molecule is Cc1c(C(=O)Nc2cccc(C(=O)NCC(F)(F)F)c2)cnn1-c1cccc(Cl)c1. The molecule has 2 amide bonds. The Bertz CT molecular complexity index is 1100. The molecule has 2 N–H and O–H groups in total. The van der Waals surface area contributed by atoms with Crippen LogP contribution in [0.5, 0.6) is 0 Å². The normalized spacial score (nSPS) is 11.2. The third kappa shape index (κ3) is 5.18. The highest BCUT2D eigenvalue weighted by molar-refractivity contribution is 6.30. The van der Waals surface area contributed by atoms with Crippen molar-refractivity contribution in [3.63, 3.8) is 0 Å². The monoisotopic (exact) mass is 436 g/mol. The summed E-state index contributed by atoms with van der Waals surface area (Å²) in [4.78, 5) is 24.5. The van der Waals surface area contributed by atoms with Crippen LogP contribution in [0.1, 0.15) is 26.4 Å². The predicted molar refractivity (Wildman–Crippen MR) is 106 cm³/mol. The molecule has 6 nitrogen and oxygen atoms in total. The average molecular weight is 437 g/mol. The first-order valence-electron chi connectivity index (χ1n) is 8.71. The van der Waals surface area contributed by atoms with Crippen LogP contribution < -0.4 is 10.6 Å². The lowest BCUT2D eigenvalue weighted by molar-refractivity contribution is -0.123. The number of carbonyl (C=O) groups excluding carboxylic acids is 2. The quantitative estimate of drug-likeness (QED) is 0.623. The van der Waals surface area contributed by atoms with E-state index < -0.39 is 24.5 Å². The zero-order valence-electron chi connectivity index (χ0n) is 15.6. The van der Waals surface area contributed by atoms with Gasteiger partial charge in [0.25, 0.3) is 11.8 Å². The topological polar surface area (TPSA) is 76.0 Å².